The lowest BCUT2D eigenvalue weighted by atomic mass is 10.1. The molecular weight excluding hydrogens is 250 g/mol. The van der Waals surface area contributed by atoms with Crippen LogP contribution in [-0.4, -0.2) is 32.8 Å². The van der Waals surface area contributed by atoms with Crippen molar-refractivity contribution < 1.29 is 14.1 Å². The number of rotatable bonds is 3. The molecule has 98 valence electrons. The number of carboxylic acids is 1. The lowest BCUT2D eigenvalue weighted by Gasteiger charge is -2.24. The van der Waals surface area contributed by atoms with Gasteiger partial charge in [-0.1, -0.05) is 6.07 Å². The molecule has 1 saturated heterocycles. The van der Waals surface area contributed by atoms with Gasteiger partial charge in [0.15, 0.2) is 0 Å². The molecule has 0 radical (unpaired) electrons. The maximum Gasteiger partial charge on any atom is 0.335 e. The van der Waals surface area contributed by atoms with Gasteiger partial charge in [-0.05, 0) is 37.5 Å². The molecule has 0 spiro atoms. The zero-order valence-electron chi connectivity index (χ0n) is 10.3. The van der Waals surface area contributed by atoms with Crippen LogP contribution in [0.2, 0.25) is 0 Å². The second kappa shape index (κ2) is 5.52. The highest BCUT2D eigenvalue weighted by atomic mass is 32.2. The van der Waals surface area contributed by atoms with E-state index >= 15 is 0 Å². The third-order valence-corrected chi connectivity index (χ3v) is 4.61. The van der Waals surface area contributed by atoms with Gasteiger partial charge in [-0.15, -0.1) is 0 Å². The summed E-state index contributed by atoms with van der Waals surface area (Å²) in [5.41, 5.74) is 2.20. The van der Waals surface area contributed by atoms with Gasteiger partial charge < -0.3 is 10.4 Å². The fourth-order valence-electron chi connectivity index (χ4n) is 2.07. The Hall–Kier alpha value is -1.36. The molecular formula is C13H17NO3S. The van der Waals surface area contributed by atoms with Crippen LogP contribution in [0.5, 0.6) is 0 Å². The second-order valence-electron chi connectivity index (χ2n) is 4.60. The third kappa shape index (κ3) is 3.10. The molecule has 18 heavy (non-hydrogen) atoms. The van der Waals surface area contributed by atoms with Crippen LogP contribution >= 0.6 is 0 Å². The number of benzene rings is 1. The van der Waals surface area contributed by atoms with E-state index in [0.717, 1.165) is 35.6 Å². The van der Waals surface area contributed by atoms with E-state index in [1.165, 1.54) is 0 Å². The van der Waals surface area contributed by atoms with Crippen LogP contribution in [0.3, 0.4) is 0 Å². The lowest BCUT2D eigenvalue weighted by Crippen LogP contribution is -2.29. The predicted octanol–water partition coefficient (Wildman–Crippen LogP) is 2.02. The van der Waals surface area contributed by atoms with Crippen molar-refractivity contribution in [3.05, 3.63) is 29.3 Å². The summed E-state index contributed by atoms with van der Waals surface area (Å²) in [6.07, 6.45) is 1.76. The second-order valence-corrected chi connectivity index (χ2v) is 6.30. The zero-order chi connectivity index (χ0) is 13.1. The van der Waals surface area contributed by atoms with E-state index in [1.54, 1.807) is 12.1 Å². The topological polar surface area (TPSA) is 66.4 Å². The average molecular weight is 267 g/mol. The van der Waals surface area contributed by atoms with Crippen molar-refractivity contribution in [2.75, 3.05) is 16.8 Å². The summed E-state index contributed by atoms with van der Waals surface area (Å²) in [5, 5.41) is 12.3. The Morgan fingerprint density at radius 2 is 2.06 bits per heavy atom. The highest BCUT2D eigenvalue weighted by Crippen LogP contribution is 2.21. The van der Waals surface area contributed by atoms with E-state index < -0.39 is 16.8 Å². The molecule has 1 aliphatic heterocycles. The van der Waals surface area contributed by atoms with Gasteiger partial charge in [0.2, 0.25) is 0 Å². The van der Waals surface area contributed by atoms with E-state index in [-0.39, 0.29) is 0 Å². The summed E-state index contributed by atoms with van der Waals surface area (Å²) >= 11 is 0. The first kappa shape index (κ1) is 13.1. The van der Waals surface area contributed by atoms with E-state index in [1.807, 2.05) is 13.0 Å². The van der Waals surface area contributed by atoms with Crippen LogP contribution in [0.25, 0.3) is 0 Å². The first-order valence-corrected chi connectivity index (χ1v) is 7.50. The Bertz CT molecular complexity index is 477. The maximum absolute atomic E-state index is 11.3. The van der Waals surface area contributed by atoms with Gasteiger partial charge >= 0.3 is 5.97 Å². The smallest absolute Gasteiger partial charge is 0.335 e. The highest BCUT2D eigenvalue weighted by molar-refractivity contribution is 7.85. The molecule has 2 N–H and O–H groups in total. The number of aromatic carboxylic acids is 1. The fourth-order valence-corrected chi connectivity index (χ4v) is 3.37. The standard InChI is InChI=1S/C13H17NO3S/c1-9-2-3-10(13(15)16)8-12(9)14-11-4-6-18(17)7-5-11/h2-3,8,11,14H,4-7H2,1H3,(H,15,16). The quantitative estimate of drug-likeness (QED) is 0.879. The fraction of sp³-hybridized carbons (Fsp3) is 0.462. The largest absolute Gasteiger partial charge is 0.478 e. The van der Waals surface area contributed by atoms with Crippen LogP contribution in [0, 0.1) is 6.92 Å². The van der Waals surface area contributed by atoms with Crippen LogP contribution in [-0.2, 0) is 10.8 Å². The molecule has 1 fully saturated rings. The van der Waals surface area contributed by atoms with Crippen molar-refractivity contribution in [3.63, 3.8) is 0 Å². The van der Waals surface area contributed by atoms with Crippen molar-refractivity contribution >= 4 is 22.5 Å². The van der Waals surface area contributed by atoms with Gasteiger partial charge in [-0.2, -0.15) is 0 Å². The lowest BCUT2D eigenvalue weighted by molar-refractivity contribution is 0.0697. The van der Waals surface area contributed by atoms with Crippen LogP contribution < -0.4 is 5.32 Å². The van der Waals surface area contributed by atoms with Crippen molar-refractivity contribution in [1.29, 1.82) is 0 Å². The average Bonchev–Trinajstić information content (AvgIpc) is 2.34. The first-order chi connectivity index (χ1) is 8.56. The van der Waals surface area contributed by atoms with Gasteiger partial charge in [0.1, 0.15) is 0 Å². The van der Waals surface area contributed by atoms with Crippen molar-refractivity contribution in [1.82, 2.24) is 0 Å². The molecule has 0 amide bonds. The minimum atomic E-state index is -0.914. The molecule has 5 heteroatoms. The minimum Gasteiger partial charge on any atom is -0.478 e. The summed E-state index contributed by atoms with van der Waals surface area (Å²) in [4.78, 5) is 10.9. The SMILES string of the molecule is Cc1ccc(C(=O)O)cc1NC1CCS(=O)CC1. The van der Waals surface area contributed by atoms with Crippen LogP contribution in [0.15, 0.2) is 18.2 Å². The number of carboxylic acid groups (broad SMARTS) is 1. The molecule has 0 unspecified atom stereocenters. The van der Waals surface area contributed by atoms with Crippen molar-refractivity contribution in [3.8, 4) is 0 Å². The minimum absolute atomic E-state index is 0.294. The molecule has 1 heterocycles. The van der Waals surface area contributed by atoms with E-state index in [9.17, 15) is 9.00 Å². The number of carbonyl (C=O) groups is 1. The Balaban J connectivity index is 2.10. The van der Waals surface area contributed by atoms with Gasteiger partial charge in [-0.25, -0.2) is 4.79 Å². The molecule has 0 aliphatic carbocycles. The van der Waals surface area contributed by atoms with E-state index in [0.29, 0.717) is 11.6 Å². The monoisotopic (exact) mass is 267 g/mol. The van der Waals surface area contributed by atoms with Gasteiger partial charge in [0, 0.05) is 34.0 Å². The van der Waals surface area contributed by atoms with E-state index in [4.69, 9.17) is 5.11 Å². The van der Waals surface area contributed by atoms with Gasteiger partial charge in [0.25, 0.3) is 0 Å². The van der Waals surface area contributed by atoms with Crippen molar-refractivity contribution in [2.24, 2.45) is 0 Å². The first-order valence-electron chi connectivity index (χ1n) is 6.01. The number of hydrogen-bond acceptors (Lipinski definition) is 3. The summed E-state index contributed by atoms with van der Waals surface area (Å²) in [6, 6.07) is 5.39. The molecule has 2 rings (SSSR count). The predicted molar refractivity (Wildman–Crippen MR) is 72.7 cm³/mol. The summed E-state index contributed by atoms with van der Waals surface area (Å²) in [6.45, 7) is 1.95. The summed E-state index contributed by atoms with van der Waals surface area (Å²) in [5.74, 6) is 0.549. The molecule has 4 nitrogen and oxygen atoms in total. The van der Waals surface area contributed by atoms with E-state index in [2.05, 4.69) is 5.32 Å². The highest BCUT2D eigenvalue weighted by Gasteiger charge is 2.18. The molecule has 0 atom stereocenters. The molecule has 0 aromatic heterocycles. The summed E-state index contributed by atoms with van der Waals surface area (Å²) < 4.78 is 11.3. The number of hydrogen-bond donors (Lipinski definition) is 2. The molecule has 0 bridgehead atoms. The van der Waals surface area contributed by atoms with Crippen LogP contribution in [0.1, 0.15) is 28.8 Å². The number of anilines is 1. The van der Waals surface area contributed by atoms with Crippen molar-refractivity contribution in [2.45, 2.75) is 25.8 Å². The molecule has 1 aromatic rings. The summed E-state index contributed by atoms with van der Waals surface area (Å²) in [7, 11) is -0.670. The Morgan fingerprint density at radius 3 is 2.67 bits per heavy atom. The Kier molecular flexibility index (Phi) is 4.01. The van der Waals surface area contributed by atoms with Gasteiger partial charge in [-0.3, -0.25) is 4.21 Å². The van der Waals surface area contributed by atoms with Crippen LogP contribution in [0.4, 0.5) is 5.69 Å². The van der Waals surface area contributed by atoms with Gasteiger partial charge in [0.05, 0.1) is 5.56 Å². The number of nitrogens with one attached hydrogen (secondary N) is 1. The number of aryl methyl sites for hydroxylation is 1. The maximum atomic E-state index is 11.3. The normalized spacial score (nSPS) is 23.6. The molecule has 0 saturated carbocycles. The third-order valence-electron chi connectivity index (χ3n) is 3.23. The Morgan fingerprint density at radius 1 is 1.39 bits per heavy atom. The molecule has 1 aliphatic rings. The zero-order valence-corrected chi connectivity index (χ0v) is 11.1. The molecule has 1 aromatic carbocycles. The Labute approximate surface area is 109 Å².